The maximum atomic E-state index is 9.55. The van der Waals surface area contributed by atoms with E-state index in [9.17, 15) is 5.11 Å². The number of aromatic nitrogens is 1. The van der Waals surface area contributed by atoms with E-state index in [1.807, 2.05) is 19.1 Å². The third-order valence-electron chi connectivity index (χ3n) is 2.24. The van der Waals surface area contributed by atoms with E-state index in [1.165, 1.54) is 0 Å². The Labute approximate surface area is 96.5 Å². The van der Waals surface area contributed by atoms with Gasteiger partial charge in [-0.2, -0.15) is 0 Å². The van der Waals surface area contributed by atoms with Gasteiger partial charge in [-0.1, -0.05) is 0 Å². The van der Waals surface area contributed by atoms with E-state index in [0.29, 0.717) is 25.3 Å². The van der Waals surface area contributed by atoms with Crippen LogP contribution < -0.4 is 10.5 Å². The summed E-state index contributed by atoms with van der Waals surface area (Å²) in [5.41, 5.74) is 6.56. The molecule has 0 aromatic carbocycles. The van der Waals surface area contributed by atoms with E-state index >= 15 is 0 Å². The molecule has 0 saturated carbocycles. The third-order valence-corrected chi connectivity index (χ3v) is 2.24. The Balaban J connectivity index is 2.60. The summed E-state index contributed by atoms with van der Waals surface area (Å²) in [6.45, 7) is 6.25. The van der Waals surface area contributed by atoms with Gasteiger partial charge in [-0.05, 0) is 32.9 Å². The van der Waals surface area contributed by atoms with Gasteiger partial charge in [0.2, 0.25) is 0 Å². The summed E-state index contributed by atoms with van der Waals surface area (Å²) >= 11 is 0. The number of nitrogens with zero attached hydrogens (tertiary/aromatic N) is 1. The van der Waals surface area contributed by atoms with E-state index in [2.05, 4.69) is 4.98 Å². The molecule has 4 nitrogen and oxygen atoms in total. The summed E-state index contributed by atoms with van der Waals surface area (Å²) < 4.78 is 5.56. The van der Waals surface area contributed by atoms with Crippen molar-refractivity contribution in [3.8, 4) is 5.75 Å². The number of hydrogen-bond acceptors (Lipinski definition) is 4. The first kappa shape index (κ1) is 12.9. The van der Waals surface area contributed by atoms with E-state index in [-0.39, 0.29) is 0 Å². The highest BCUT2D eigenvalue weighted by Gasteiger charge is 2.13. The van der Waals surface area contributed by atoms with Crippen molar-refractivity contribution in [2.75, 3.05) is 6.61 Å². The number of nitrogens with two attached hydrogens (primary N) is 1. The molecule has 3 N–H and O–H groups in total. The molecule has 0 aliphatic rings. The Morgan fingerprint density at radius 1 is 1.44 bits per heavy atom. The van der Waals surface area contributed by atoms with Crippen LogP contribution in [0.2, 0.25) is 0 Å². The fourth-order valence-electron chi connectivity index (χ4n) is 1.29. The van der Waals surface area contributed by atoms with Crippen LogP contribution in [0, 0.1) is 6.92 Å². The first-order valence-corrected chi connectivity index (χ1v) is 5.44. The fourth-order valence-corrected chi connectivity index (χ4v) is 1.29. The van der Waals surface area contributed by atoms with Gasteiger partial charge >= 0.3 is 0 Å². The lowest BCUT2D eigenvalue weighted by Gasteiger charge is -2.17. The summed E-state index contributed by atoms with van der Waals surface area (Å²) in [5.74, 6) is 0.706. The number of ether oxygens (including phenoxy) is 1. The highest BCUT2D eigenvalue weighted by molar-refractivity contribution is 5.29. The molecule has 1 heterocycles. The molecule has 0 fully saturated rings. The van der Waals surface area contributed by atoms with E-state index in [1.54, 1.807) is 13.8 Å². The normalized spacial score (nSPS) is 11.6. The lowest BCUT2D eigenvalue weighted by atomic mass is 10.1. The van der Waals surface area contributed by atoms with E-state index < -0.39 is 5.60 Å². The van der Waals surface area contributed by atoms with Crippen LogP contribution in [0.1, 0.15) is 31.7 Å². The number of rotatable bonds is 5. The Hall–Kier alpha value is -1.13. The van der Waals surface area contributed by atoms with Gasteiger partial charge in [0.15, 0.2) is 0 Å². The van der Waals surface area contributed by atoms with Crippen molar-refractivity contribution in [2.45, 2.75) is 39.3 Å². The predicted molar refractivity (Wildman–Crippen MR) is 63.3 cm³/mol. The van der Waals surface area contributed by atoms with Crippen molar-refractivity contribution in [3.63, 3.8) is 0 Å². The Morgan fingerprint density at radius 2 is 2.12 bits per heavy atom. The number of hydrogen-bond donors (Lipinski definition) is 2. The van der Waals surface area contributed by atoms with Crippen LogP contribution in [0.25, 0.3) is 0 Å². The van der Waals surface area contributed by atoms with Crippen LogP contribution in [0.5, 0.6) is 5.75 Å². The molecule has 4 heteroatoms. The van der Waals surface area contributed by atoms with Gasteiger partial charge < -0.3 is 15.6 Å². The third kappa shape index (κ3) is 4.16. The van der Waals surface area contributed by atoms with E-state index in [4.69, 9.17) is 10.5 Å². The summed E-state index contributed by atoms with van der Waals surface area (Å²) in [6, 6.07) is 3.76. The molecule has 0 spiro atoms. The predicted octanol–water partition coefficient (Wildman–Crippen LogP) is 1.39. The Kier molecular flexibility index (Phi) is 4.26. The average Bonchev–Trinajstić information content (AvgIpc) is 2.18. The minimum Gasteiger partial charge on any atom is -0.492 e. The number of aliphatic hydroxyl groups is 1. The molecule has 90 valence electrons. The van der Waals surface area contributed by atoms with Gasteiger partial charge in [0.05, 0.1) is 17.9 Å². The molecule has 0 saturated heterocycles. The quantitative estimate of drug-likeness (QED) is 0.793. The average molecular weight is 224 g/mol. The van der Waals surface area contributed by atoms with Crippen LogP contribution in [0.15, 0.2) is 12.1 Å². The van der Waals surface area contributed by atoms with Gasteiger partial charge in [-0.15, -0.1) is 0 Å². The second-order valence-corrected chi connectivity index (χ2v) is 4.51. The zero-order valence-electron chi connectivity index (χ0n) is 10.2. The molecular weight excluding hydrogens is 204 g/mol. The fraction of sp³-hybridized carbons (Fsp3) is 0.583. The molecule has 1 aromatic rings. The maximum absolute atomic E-state index is 9.55. The highest BCUT2D eigenvalue weighted by atomic mass is 16.5. The highest BCUT2D eigenvalue weighted by Crippen LogP contribution is 2.17. The molecule has 0 unspecified atom stereocenters. The van der Waals surface area contributed by atoms with Crippen molar-refractivity contribution in [2.24, 2.45) is 5.73 Å². The van der Waals surface area contributed by atoms with Crippen LogP contribution in [0.4, 0.5) is 0 Å². The summed E-state index contributed by atoms with van der Waals surface area (Å²) in [5, 5.41) is 9.55. The second-order valence-electron chi connectivity index (χ2n) is 4.51. The van der Waals surface area contributed by atoms with E-state index in [0.717, 1.165) is 11.4 Å². The van der Waals surface area contributed by atoms with Gasteiger partial charge in [0, 0.05) is 18.7 Å². The Morgan fingerprint density at radius 3 is 2.69 bits per heavy atom. The molecule has 1 aromatic heterocycles. The number of aryl methyl sites for hydroxylation is 1. The molecule has 0 aliphatic heterocycles. The lowest BCUT2D eigenvalue weighted by Crippen LogP contribution is -2.22. The van der Waals surface area contributed by atoms with Gasteiger partial charge in [-0.3, -0.25) is 4.98 Å². The van der Waals surface area contributed by atoms with Gasteiger partial charge in [0.1, 0.15) is 5.75 Å². The van der Waals surface area contributed by atoms with Crippen molar-refractivity contribution in [1.29, 1.82) is 0 Å². The van der Waals surface area contributed by atoms with Crippen molar-refractivity contribution in [1.82, 2.24) is 4.98 Å². The minimum absolute atomic E-state index is 0.361. The summed E-state index contributed by atoms with van der Waals surface area (Å²) in [4.78, 5) is 4.29. The molecule has 0 radical (unpaired) electrons. The van der Waals surface area contributed by atoms with Crippen LogP contribution in [-0.2, 0) is 6.54 Å². The maximum Gasteiger partial charge on any atom is 0.142 e. The number of pyridine rings is 1. The standard InChI is InChI=1S/C12H20N2O2/c1-9-4-5-11(10(8-13)14-9)16-7-6-12(2,3)15/h4-5,15H,6-8,13H2,1-3H3. The molecular formula is C12H20N2O2. The van der Waals surface area contributed by atoms with Crippen LogP contribution in [-0.4, -0.2) is 22.3 Å². The zero-order chi connectivity index (χ0) is 12.2. The lowest BCUT2D eigenvalue weighted by molar-refractivity contribution is 0.0551. The molecule has 16 heavy (non-hydrogen) atoms. The van der Waals surface area contributed by atoms with Crippen molar-refractivity contribution < 1.29 is 9.84 Å². The molecule has 0 bridgehead atoms. The summed E-state index contributed by atoms with van der Waals surface area (Å²) in [7, 11) is 0. The zero-order valence-corrected chi connectivity index (χ0v) is 10.2. The van der Waals surface area contributed by atoms with Crippen LogP contribution >= 0.6 is 0 Å². The van der Waals surface area contributed by atoms with Crippen molar-refractivity contribution >= 4 is 0 Å². The Bertz CT molecular complexity index is 345. The monoisotopic (exact) mass is 224 g/mol. The van der Waals surface area contributed by atoms with Gasteiger partial charge in [0.25, 0.3) is 0 Å². The largest absolute Gasteiger partial charge is 0.492 e. The van der Waals surface area contributed by atoms with Gasteiger partial charge in [-0.25, -0.2) is 0 Å². The first-order valence-electron chi connectivity index (χ1n) is 5.44. The topological polar surface area (TPSA) is 68.4 Å². The summed E-state index contributed by atoms with van der Waals surface area (Å²) in [6.07, 6.45) is 0.574. The molecule has 0 aliphatic carbocycles. The molecule has 0 amide bonds. The van der Waals surface area contributed by atoms with Crippen LogP contribution in [0.3, 0.4) is 0 Å². The second kappa shape index (κ2) is 5.27. The van der Waals surface area contributed by atoms with Crippen molar-refractivity contribution in [3.05, 3.63) is 23.5 Å². The SMILES string of the molecule is Cc1ccc(OCCC(C)(C)O)c(CN)n1. The molecule has 0 atom stereocenters. The molecule has 1 rings (SSSR count). The minimum atomic E-state index is -0.707. The first-order chi connectivity index (χ1) is 7.42. The smallest absolute Gasteiger partial charge is 0.142 e.